The van der Waals surface area contributed by atoms with Crippen LogP contribution >= 0.6 is 15.9 Å². The number of ketones is 1. The van der Waals surface area contributed by atoms with E-state index in [0.717, 1.165) is 17.3 Å². The molecule has 0 aromatic heterocycles. The van der Waals surface area contributed by atoms with Crippen LogP contribution < -0.4 is 0 Å². The summed E-state index contributed by atoms with van der Waals surface area (Å²) in [5.74, 6) is -0.383. The van der Waals surface area contributed by atoms with Crippen LogP contribution in [-0.2, 0) is 9.53 Å². The molecule has 0 amide bonds. The van der Waals surface area contributed by atoms with Crippen LogP contribution in [0.1, 0.15) is 36.0 Å². The summed E-state index contributed by atoms with van der Waals surface area (Å²) < 4.78 is 6.06. The third-order valence-electron chi connectivity index (χ3n) is 2.81. The van der Waals surface area contributed by atoms with Gasteiger partial charge in [-0.15, -0.1) is 0 Å². The topological polar surface area (TPSA) is 43.4 Å². The second kappa shape index (κ2) is 5.45. The van der Waals surface area contributed by atoms with Gasteiger partial charge < -0.3 is 4.74 Å². The summed E-state index contributed by atoms with van der Waals surface area (Å²) in [6.45, 7) is 0. The van der Waals surface area contributed by atoms with Crippen molar-refractivity contribution in [2.75, 3.05) is 0 Å². The van der Waals surface area contributed by atoms with Gasteiger partial charge in [-0.05, 0) is 37.5 Å². The first-order chi connectivity index (χ1) is 8.16. The quantitative estimate of drug-likeness (QED) is 0.788. The van der Waals surface area contributed by atoms with Crippen LogP contribution in [0.25, 0.3) is 0 Å². The lowest BCUT2D eigenvalue weighted by Gasteiger charge is -2.20. The van der Waals surface area contributed by atoms with E-state index < -0.39 is 12.1 Å². The van der Waals surface area contributed by atoms with E-state index in [0.29, 0.717) is 18.4 Å². The molecular formula is C13H13BrO3. The number of hydrogen-bond donors (Lipinski definition) is 0. The summed E-state index contributed by atoms with van der Waals surface area (Å²) in [5.41, 5.74) is 0.470. The molecule has 1 aliphatic rings. The largest absolute Gasteiger partial charge is 0.451 e. The first kappa shape index (κ1) is 12.3. The number of halogens is 1. The summed E-state index contributed by atoms with van der Waals surface area (Å²) in [4.78, 5) is 23.4. The highest BCUT2D eigenvalue weighted by Gasteiger charge is 2.26. The SMILES string of the molecule is O=C(OC1CCCCC1=O)c1cccc(Br)c1. The minimum atomic E-state index is -0.546. The van der Waals surface area contributed by atoms with Gasteiger partial charge in [0.1, 0.15) is 0 Å². The number of esters is 1. The van der Waals surface area contributed by atoms with Crippen LogP contribution in [0.4, 0.5) is 0 Å². The van der Waals surface area contributed by atoms with Gasteiger partial charge in [0, 0.05) is 10.9 Å². The van der Waals surface area contributed by atoms with Gasteiger partial charge in [0.05, 0.1) is 5.56 Å². The maximum Gasteiger partial charge on any atom is 0.338 e. The lowest BCUT2D eigenvalue weighted by Crippen LogP contribution is -2.30. The van der Waals surface area contributed by atoms with Gasteiger partial charge in [0.2, 0.25) is 0 Å². The van der Waals surface area contributed by atoms with Crippen molar-refractivity contribution in [2.24, 2.45) is 0 Å². The fourth-order valence-corrected chi connectivity index (χ4v) is 2.29. The zero-order valence-electron chi connectivity index (χ0n) is 9.32. The lowest BCUT2D eigenvalue weighted by atomic mass is 9.96. The second-order valence-corrected chi connectivity index (χ2v) is 5.03. The molecule has 0 bridgehead atoms. The van der Waals surface area contributed by atoms with E-state index in [4.69, 9.17) is 4.74 Å². The molecule has 1 saturated carbocycles. The monoisotopic (exact) mass is 296 g/mol. The molecule has 4 heteroatoms. The Kier molecular flexibility index (Phi) is 3.94. The molecule has 1 aromatic rings. The molecule has 0 N–H and O–H groups in total. The van der Waals surface area contributed by atoms with Crippen LogP contribution in [0.15, 0.2) is 28.7 Å². The highest BCUT2D eigenvalue weighted by molar-refractivity contribution is 9.10. The number of hydrogen-bond acceptors (Lipinski definition) is 3. The number of carbonyl (C=O) groups excluding carboxylic acids is 2. The van der Waals surface area contributed by atoms with Crippen LogP contribution in [-0.4, -0.2) is 17.9 Å². The minimum absolute atomic E-state index is 0.0413. The summed E-state index contributed by atoms with van der Waals surface area (Å²) in [7, 11) is 0. The molecule has 2 rings (SSSR count). The average molecular weight is 297 g/mol. The van der Waals surface area contributed by atoms with Crippen molar-refractivity contribution < 1.29 is 14.3 Å². The molecule has 0 heterocycles. The average Bonchev–Trinajstić information content (AvgIpc) is 2.32. The Morgan fingerprint density at radius 3 is 2.88 bits per heavy atom. The maximum atomic E-state index is 11.8. The Morgan fingerprint density at radius 1 is 1.35 bits per heavy atom. The first-order valence-electron chi connectivity index (χ1n) is 5.66. The zero-order chi connectivity index (χ0) is 12.3. The van der Waals surface area contributed by atoms with Gasteiger partial charge in [0.25, 0.3) is 0 Å². The molecule has 1 aromatic carbocycles. The van der Waals surface area contributed by atoms with Crippen LogP contribution in [0.5, 0.6) is 0 Å². The predicted octanol–water partition coefficient (Wildman–Crippen LogP) is 3.12. The minimum Gasteiger partial charge on any atom is -0.451 e. The fourth-order valence-electron chi connectivity index (χ4n) is 1.89. The second-order valence-electron chi connectivity index (χ2n) is 4.12. The molecule has 0 saturated heterocycles. The van der Waals surface area contributed by atoms with E-state index in [1.165, 1.54) is 0 Å². The maximum absolute atomic E-state index is 11.8. The number of Topliss-reactive ketones (excluding diaryl/α,β-unsaturated/α-hetero) is 1. The Hall–Kier alpha value is -1.16. The summed E-state index contributed by atoms with van der Waals surface area (Å²) in [6, 6.07) is 6.97. The third kappa shape index (κ3) is 3.16. The zero-order valence-corrected chi connectivity index (χ0v) is 10.9. The van der Waals surface area contributed by atoms with Crippen LogP contribution in [0.2, 0.25) is 0 Å². The molecule has 1 atom stereocenters. The predicted molar refractivity (Wildman–Crippen MR) is 66.8 cm³/mol. The van der Waals surface area contributed by atoms with Crippen molar-refractivity contribution in [1.82, 2.24) is 0 Å². The molecule has 1 aliphatic carbocycles. The normalized spacial score (nSPS) is 20.1. The summed E-state index contributed by atoms with van der Waals surface area (Å²) in [5, 5.41) is 0. The number of carbonyl (C=O) groups is 2. The molecule has 0 aliphatic heterocycles. The Labute approximate surface area is 108 Å². The molecule has 1 unspecified atom stereocenters. The van der Waals surface area contributed by atoms with Gasteiger partial charge in [0.15, 0.2) is 11.9 Å². The van der Waals surface area contributed by atoms with Crippen molar-refractivity contribution in [2.45, 2.75) is 31.8 Å². The van der Waals surface area contributed by atoms with Crippen molar-refractivity contribution in [3.8, 4) is 0 Å². The highest BCUT2D eigenvalue weighted by atomic mass is 79.9. The number of ether oxygens (including phenoxy) is 1. The van der Waals surface area contributed by atoms with E-state index in [-0.39, 0.29) is 5.78 Å². The van der Waals surface area contributed by atoms with Gasteiger partial charge in [-0.1, -0.05) is 22.0 Å². The number of benzene rings is 1. The van der Waals surface area contributed by atoms with Gasteiger partial charge in [-0.25, -0.2) is 4.79 Å². The van der Waals surface area contributed by atoms with Gasteiger partial charge in [-0.2, -0.15) is 0 Å². The Bertz CT molecular complexity index is 442. The van der Waals surface area contributed by atoms with Crippen molar-refractivity contribution in [3.63, 3.8) is 0 Å². The van der Waals surface area contributed by atoms with Crippen molar-refractivity contribution in [1.29, 1.82) is 0 Å². The molecule has 3 nitrogen and oxygen atoms in total. The highest BCUT2D eigenvalue weighted by Crippen LogP contribution is 2.19. The van der Waals surface area contributed by atoms with Gasteiger partial charge >= 0.3 is 5.97 Å². The molecule has 0 radical (unpaired) electrons. The van der Waals surface area contributed by atoms with E-state index in [9.17, 15) is 9.59 Å². The molecule has 90 valence electrons. The van der Waals surface area contributed by atoms with E-state index in [1.54, 1.807) is 18.2 Å². The molecule has 0 spiro atoms. The standard InChI is InChI=1S/C13H13BrO3/c14-10-5-3-4-9(8-10)13(16)17-12-7-2-1-6-11(12)15/h3-5,8,12H,1-2,6-7H2. The smallest absolute Gasteiger partial charge is 0.338 e. The van der Waals surface area contributed by atoms with Crippen LogP contribution in [0, 0.1) is 0 Å². The van der Waals surface area contributed by atoms with Crippen molar-refractivity contribution >= 4 is 27.7 Å². The Morgan fingerprint density at radius 2 is 2.18 bits per heavy atom. The lowest BCUT2D eigenvalue weighted by molar-refractivity contribution is -0.129. The fraction of sp³-hybridized carbons (Fsp3) is 0.385. The molecule has 17 heavy (non-hydrogen) atoms. The van der Waals surface area contributed by atoms with Crippen molar-refractivity contribution in [3.05, 3.63) is 34.3 Å². The molecule has 1 fully saturated rings. The summed E-state index contributed by atoms with van der Waals surface area (Å²) in [6.07, 6.45) is 2.48. The Balaban J connectivity index is 2.03. The summed E-state index contributed by atoms with van der Waals surface area (Å²) >= 11 is 3.29. The number of rotatable bonds is 2. The van der Waals surface area contributed by atoms with Crippen LogP contribution in [0.3, 0.4) is 0 Å². The van der Waals surface area contributed by atoms with Gasteiger partial charge in [-0.3, -0.25) is 4.79 Å². The molecular weight excluding hydrogens is 284 g/mol. The van der Waals surface area contributed by atoms with E-state index in [1.807, 2.05) is 6.07 Å². The third-order valence-corrected chi connectivity index (χ3v) is 3.30. The van der Waals surface area contributed by atoms with E-state index in [2.05, 4.69) is 15.9 Å². The van der Waals surface area contributed by atoms with E-state index >= 15 is 0 Å². The first-order valence-corrected chi connectivity index (χ1v) is 6.45.